The highest BCUT2D eigenvalue weighted by atomic mass is 15.1. The molecule has 1 heteroatoms. The molecule has 13 heavy (non-hydrogen) atoms. The second kappa shape index (κ2) is 2.98. The minimum Gasteiger partial charge on any atom is -0.306 e. The molecular weight excluding hydrogens is 158 g/mol. The Kier molecular flexibility index (Phi) is 2.18. The lowest BCUT2D eigenvalue weighted by molar-refractivity contribution is 0.220. The van der Waals surface area contributed by atoms with Gasteiger partial charge in [0.15, 0.2) is 0 Å². The zero-order chi connectivity index (χ0) is 9.64. The molecule has 76 valence electrons. The monoisotopic (exact) mass is 181 g/mol. The van der Waals surface area contributed by atoms with E-state index >= 15 is 0 Å². The molecule has 1 saturated carbocycles. The summed E-state index contributed by atoms with van der Waals surface area (Å²) in [5.74, 6) is 3.03. The smallest absolute Gasteiger partial charge is 0.000996 e. The summed E-state index contributed by atoms with van der Waals surface area (Å²) in [7, 11) is 2.27. The van der Waals surface area contributed by atoms with Gasteiger partial charge in [-0.25, -0.2) is 0 Å². The SMILES string of the molecule is CN1CC2CC(C(C)(C)C)CC2C1. The number of rotatable bonds is 0. The van der Waals surface area contributed by atoms with Crippen molar-refractivity contribution in [3.8, 4) is 0 Å². The molecule has 2 aliphatic rings. The van der Waals surface area contributed by atoms with Gasteiger partial charge < -0.3 is 4.90 Å². The van der Waals surface area contributed by atoms with Crippen molar-refractivity contribution in [3.05, 3.63) is 0 Å². The van der Waals surface area contributed by atoms with Gasteiger partial charge >= 0.3 is 0 Å². The predicted molar refractivity (Wildman–Crippen MR) is 56.7 cm³/mol. The summed E-state index contributed by atoms with van der Waals surface area (Å²) in [6.07, 6.45) is 2.97. The van der Waals surface area contributed by atoms with Crippen LogP contribution in [0.25, 0.3) is 0 Å². The van der Waals surface area contributed by atoms with Crippen LogP contribution in [0.1, 0.15) is 33.6 Å². The molecule has 0 radical (unpaired) electrons. The molecule has 2 atom stereocenters. The molecule has 0 aromatic heterocycles. The van der Waals surface area contributed by atoms with Crippen molar-refractivity contribution in [3.63, 3.8) is 0 Å². The van der Waals surface area contributed by atoms with E-state index < -0.39 is 0 Å². The molecule has 2 fully saturated rings. The molecule has 1 nitrogen and oxygen atoms in total. The van der Waals surface area contributed by atoms with E-state index in [-0.39, 0.29) is 0 Å². The normalized spacial score (nSPS) is 41.1. The van der Waals surface area contributed by atoms with Crippen molar-refractivity contribution in [2.75, 3.05) is 20.1 Å². The van der Waals surface area contributed by atoms with Crippen LogP contribution in [-0.2, 0) is 0 Å². The summed E-state index contributed by atoms with van der Waals surface area (Å²) in [6.45, 7) is 9.93. The van der Waals surface area contributed by atoms with Crippen molar-refractivity contribution in [2.24, 2.45) is 23.2 Å². The fraction of sp³-hybridized carbons (Fsp3) is 1.00. The van der Waals surface area contributed by atoms with Gasteiger partial charge in [0, 0.05) is 13.1 Å². The van der Waals surface area contributed by atoms with Gasteiger partial charge in [0.25, 0.3) is 0 Å². The Morgan fingerprint density at radius 3 is 1.85 bits per heavy atom. The van der Waals surface area contributed by atoms with Crippen molar-refractivity contribution in [1.82, 2.24) is 4.90 Å². The maximum Gasteiger partial charge on any atom is 0.000996 e. The lowest BCUT2D eigenvalue weighted by atomic mass is 9.79. The zero-order valence-corrected chi connectivity index (χ0v) is 9.51. The van der Waals surface area contributed by atoms with Crippen LogP contribution in [0, 0.1) is 23.2 Å². The first-order valence-electron chi connectivity index (χ1n) is 5.65. The Morgan fingerprint density at radius 2 is 1.46 bits per heavy atom. The van der Waals surface area contributed by atoms with E-state index in [2.05, 4.69) is 32.7 Å². The predicted octanol–water partition coefficient (Wildman–Crippen LogP) is 2.62. The van der Waals surface area contributed by atoms with Crippen LogP contribution < -0.4 is 0 Å². The van der Waals surface area contributed by atoms with E-state index in [9.17, 15) is 0 Å². The van der Waals surface area contributed by atoms with Crippen LogP contribution in [0.3, 0.4) is 0 Å². The first-order chi connectivity index (χ1) is 5.97. The molecular formula is C12H23N. The Morgan fingerprint density at radius 1 is 1.00 bits per heavy atom. The van der Waals surface area contributed by atoms with Crippen LogP contribution in [0.4, 0.5) is 0 Å². The summed E-state index contributed by atoms with van der Waals surface area (Å²) < 4.78 is 0. The largest absolute Gasteiger partial charge is 0.306 e. The van der Waals surface area contributed by atoms with Crippen molar-refractivity contribution < 1.29 is 0 Å². The number of hydrogen-bond donors (Lipinski definition) is 0. The van der Waals surface area contributed by atoms with Gasteiger partial charge in [0.2, 0.25) is 0 Å². The Labute approximate surface area is 82.5 Å². The number of nitrogens with zero attached hydrogens (tertiary/aromatic N) is 1. The highest BCUT2D eigenvalue weighted by molar-refractivity contribution is 4.94. The highest BCUT2D eigenvalue weighted by Crippen LogP contribution is 2.47. The van der Waals surface area contributed by atoms with Gasteiger partial charge in [-0.15, -0.1) is 0 Å². The third-order valence-corrected chi connectivity index (χ3v) is 4.16. The van der Waals surface area contributed by atoms with E-state index in [0.29, 0.717) is 5.41 Å². The average Bonchev–Trinajstić information content (AvgIpc) is 2.40. The molecule has 2 unspecified atom stereocenters. The second-order valence-corrected chi connectivity index (χ2v) is 6.28. The lowest BCUT2D eigenvalue weighted by Gasteiger charge is -2.28. The van der Waals surface area contributed by atoms with E-state index in [1.54, 1.807) is 0 Å². The maximum atomic E-state index is 2.51. The summed E-state index contributed by atoms with van der Waals surface area (Å²) >= 11 is 0. The van der Waals surface area contributed by atoms with E-state index in [1.807, 2.05) is 0 Å². The van der Waals surface area contributed by atoms with Crippen LogP contribution in [0.5, 0.6) is 0 Å². The number of fused-ring (bicyclic) bond motifs is 1. The zero-order valence-electron chi connectivity index (χ0n) is 9.51. The summed E-state index contributed by atoms with van der Waals surface area (Å²) in [5.41, 5.74) is 0.545. The molecule has 0 bridgehead atoms. The topological polar surface area (TPSA) is 3.24 Å². The van der Waals surface area contributed by atoms with Crippen LogP contribution >= 0.6 is 0 Å². The number of hydrogen-bond acceptors (Lipinski definition) is 1. The van der Waals surface area contributed by atoms with Crippen molar-refractivity contribution in [1.29, 1.82) is 0 Å². The van der Waals surface area contributed by atoms with Gasteiger partial charge in [0.1, 0.15) is 0 Å². The number of likely N-dealkylation sites (tertiary alicyclic amines) is 1. The molecule has 0 spiro atoms. The van der Waals surface area contributed by atoms with Crippen LogP contribution in [-0.4, -0.2) is 25.0 Å². The van der Waals surface area contributed by atoms with Crippen molar-refractivity contribution >= 4 is 0 Å². The minimum absolute atomic E-state index is 0.545. The standard InChI is InChI=1S/C12H23N/c1-12(2,3)11-5-9-7-13(4)8-10(9)6-11/h9-11H,5-8H2,1-4H3. The summed E-state index contributed by atoms with van der Waals surface area (Å²) in [6, 6.07) is 0. The molecule has 0 amide bonds. The Hall–Kier alpha value is -0.0400. The summed E-state index contributed by atoms with van der Waals surface area (Å²) in [4.78, 5) is 2.51. The molecule has 1 saturated heterocycles. The van der Waals surface area contributed by atoms with E-state index in [1.165, 1.54) is 25.9 Å². The molecule has 1 aliphatic heterocycles. The first-order valence-corrected chi connectivity index (χ1v) is 5.65. The van der Waals surface area contributed by atoms with Gasteiger partial charge in [-0.05, 0) is 43.1 Å². The van der Waals surface area contributed by atoms with E-state index in [0.717, 1.165) is 17.8 Å². The molecule has 2 rings (SSSR count). The average molecular weight is 181 g/mol. The van der Waals surface area contributed by atoms with Crippen molar-refractivity contribution in [2.45, 2.75) is 33.6 Å². The molecule has 0 N–H and O–H groups in total. The lowest BCUT2D eigenvalue weighted by Crippen LogP contribution is -2.22. The van der Waals surface area contributed by atoms with Crippen LogP contribution in [0.2, 0.25) is 0 Å². The minimum atomic E-state index is 0.545. The van der Waals surface area contributed by atoms with Gasteiger partial charge in [-0.3, -0.25) is 0 Å². The quantitative estimate of drug-likeness (QED) is 0.555. The van der Waals surface area contributed by atoms with Gasteiger partial charge in [-0.1, -0.05) is 20.8 Å². The van der Waals surface area contributed by atoms with E-state index in [4.69, 9.17) is 0 Å². The third-order valence-electron chi connectivity index (χ3n) is 4.16. The summed E-state index contributed by atoms with van der Waals surface area (Å²) in [5, 5.41) is 0. The Bertz CT molecular complexity index is 178. The van der Waals surface area contributed by atoms with Crippen LogP contribution in [0.15, 0.2) is 0 Å². The maximum absolute atomic E-state index is 2.51. The molecule has 0 aromatic rings. The fourth-order valence-corrected chi connectivity index (χ4v) is 3.24. The van der Waals surface area contributed by atoms with Gasteiger partial charge in [0.05, 0.1) is 0 Å². The molecule has 0 aromatic carbocycles. The third kappa shape index (κ3) is 1.76. The fourth-order valence-electron chi connectivity index (χ4n) is 3.24. The second-order valence-electron chi connectivity index (χ2n) is 6.28. The molecule has 1 aliphatic carbocycles. The Balaban J connectivity index is 1.98. The van der Waals surface area contributed by atoms with Gasteiger partial charge in [-0.2, -0.15) is 0 Å². The molecule has 1 heterocycles. The highest BCUT2D eigenvalue weighted by Gasteiger charge is 2.43. The first kappa shape index (κ1) is 9.51.